The van der Waals surface area contributed by atoms with Crippen molar-refractivity contribution in [3.05, 3.63) is 35.4 Å². The summed E-state index contributed by atoms with van der Waals surface area (Å²) in [5, 5.41) is 8.47. The molecule has 1 aromatic carbocycles. The van der Waals surface area contributed by atoms with Crippen LogP contribution in [-0.2, 0) is 12.8 Å². The molecule has 17 heavy (non-hydrogen) atoms. The average Bonchev–Trinajstić information content (AvgIpc) is 2.37. The molecule has 0 bridgehead atoms. The molecular formula is C15H22N2. The monoisotopic (exact) mass is 230 g/mol. The molecule has 1 rings (SSSR count). The highest BCUT2D eigenvalue weighted by atomic mass is 15.1. The van der Waals surface area contributed by atoms with Gasteiger partial charge in [0.25, 0.3) is 0 Å². The van der Waals surface area contributed by atoms with Crippen LogP contribution in [0.5, 0.6) is 0 Å². The van der Waals surface area contributed by atoms with Crippen molar-refractivity contribution in [1.82, 2.24) is 4.90 Å². The number of likely N-dealkylation sites (N-methyl/N-ethyl adjacent to an activating group) is 1. The van der Waals surface area contributed by atoms with Crippen LogP contribution in [0.25, 0.3) is 0 Å². The lowest BCUT2D eigenvalue weighted by Gasteiger charge is -2.15. The van der Waals surface area contributed by atoms with Gasteiger partial charge in [0.15, 0.2) is 0 Å². The molecule has 0 atom stereocenters. The first-order valence-electron chi connectivity index (χ1n) is 6.39. The van der Waals surface area contributed by atoms with Gasteiger partial charge in [-0.15, -0.1) is 0 Å². The maximum absolute atomic E-state index is 8.47. The van der Waals surface area contributed by atoms with Crippen LogP contribution in [0.2, 0.25) is 0 Å². The average molecular weight is 230 g/mol. The summed E-state index contributed by atoms with van der Waals surface area (Å²) in [6.07, 6.45) is 3.83. The SMILES string of the molecule is CCc1ccc(CCN(C)CCCC#N)cc1. The van der Waals surface area contributed by atoms with Crippen molar-refractivity contribution in [2.75, 3.05) is 20.1 Å². The van der Waals surface area contributed by atoms with E-state index < -0.39 is 0 Å². The number of aryl methyl sites for hydroxylation is 1. The van der Waals surface area contributed by atoms with Gasteiger partial charge in [0.1, 0.15) is 0 Å². The van der Waals surface area contributed by atoms with Gasteiger partial charge in [-0.3, -0.25) is 0 Å². The summed E-state index contributed by atoms with van der Waals surface area (Å²) in [4.78, 5) is 2.30. The normalized spacial score (nSPS) is 10.5. The topological polar surface area (TPSA) is 27.0 Å². The largest absolute Gasteiger partial charge is 0.306 e. The van der Waals surface area contributed by atoms with Crippen molar-refractivity contribution in [3.8, 4) is 6.07 Å². The number of unbranched alkanes of at least 4 members (excludes halogenated alkanes) is 1. The molecular weight excluding hydrogens is 208 g/mol. The minimum absolute atomic E-state index is 0.662. The summed E-state index contributed by atoms with van der Waals surface area (Å²) in [6.45, 7) is 4.26. The van der Waals surface area contributed by atoms with E-state index in [4.69, 9.17) is 5.26 Å². The van der Waals surface area contributed by atoms with Gasteiger partial charge in [-0.25, -0.2) is 0 Å². The third-order valence-corrected chi connectivity index (χ3v) is 3.04. The Morgan fingerprint density at radius 2 is 1.76 bits per heavy atom. The predicted molar refractivity (Wildman–Crippen MR) is 71.9 cm³/mol. The van der Waals surface area contributed by atoms with Crippen LogP contribution >= 0.6 is 0 Å². The van der Waals surface area contributed by atoms with E-state index in [1.165, 1.54) is 11.1 Å². The molecule has 0 aliphatic carbocycles. The lowest BCUT2D eigenvalue weighted by atomic mass is 10.1. The van der Waals surface area contributed by atoms with Crippen LogP contribution in [0.15, 0.2) is 24.3 Å². The second kappa shape index (κ2) is 7.86. The van der Waals surface area contributed by atoms with Crippen molar-refractivity contribution in [2.45, 2.75) is 32.6 Å². The Morgan fingerprint density at radius 3 is 2.35 bits per heavy atom. The van der Waals surface area contributed by atoms with E-state index >= 15 is 0 Å². The fourth-order valence-corrected chi connectivity index (χ4v) is 1.80. The molecule has 2 heteroatoms. The smallest absolute Gasteiger partial charge is 0.0622 e. The number of rotatable bonds is 7. The second-order valence-electron chi connectivity index (χ2n) is 4.48. The van der Waals surface area contributed by atoms with Crippen molar-refractivity contribution < 1.29 is 0 Å². The molecule has 0 aromatic heterocycles. The summed E-state index contributed by atoms with van der Waals surface area (Å²) in [5.74, 6) is 0. The van der Waals surface area contributed by atoms with E-state index in [1.807, 2.05) is 0 Å². The van der Waals surface area contributed by atoms with E-state index in [1.54, 1.807) is 0 Å². The van der Waals surface area contributed by atoms with Crippen LogP contribution < -0.4 is 0 Å². The van der Waals surface area contributed by atoms with E-state index in [0.29, 0.717) is 6.42 Å². The Bertz CT molecular complexity index is 348. The van der Waals surface area contributed by atoms with Gasteiger partial charge in [0.2, 0.25) is 0 Å². The van der Waals surface area contributed by atoms with Crippen molar-refractivity contribution in [3.63, 3.8) is 0 Å². The Morgan fingerprint density at radius 1 is 1.12 bits per heavy atom. The molecule has 1 aromatic rings. The lowest BCUT2D eigenvalue weighted by Crippen LogP contribution is -2.22. The first kappa shape index (κ1) is 13.7. The third-order valence-electron chi connectivity index (χ3n) is 3.04. The zero-order chi connectivity index (χ0) is 12.5. The van der Waals surface area contributed by atoms with E-state index in [0.717, 1.165) is 32.4 Å². The molecule has 0 aliphatic rings. The van der Waals surface area contributed by atoms with Gasteiger partial charge in [-0.05, 0) is 44.0 Å². The quantitative estimate of drug-likeness (QED) is 0.673. The van der Waals surface area contributed by atoms with E-state index in [2.05, 4.69) is 49.2 Å². The molecule has 2 nitrogen and oxygen atoms in total. The molecule has 0 heterocycles. The van der Waals surface area contributed by atoms with Gasteiger partial charge >= 0.3 is 0 Å². The molecule has 0 aliphatic heterocycles. The van der Waals surface area contributed by atoms with Crippen LogP contribution in [0.4, 0.5) is 0 Å². The Kier molecular flexibility index (Phi) is 6.35. The zero-order valence-corrected chi connectivity index (χ0v) is 10.9. The van der Waals surface area contributed by atoms with E-state index in [-0.39, 0.29) is 0 Å². The number of benzene rings is 1. The lowest BCUT2D eigenvalue weighted by molar-refractivity contribution is 0.335. The van der Waals surface area contributed by atoms with Crippen molar-refractivity contribution in [1.29, 1.82) is 5.26 Å². The van der Waals surface area contributed by atoms with Gasteiger partial charge in [0.05, 0.1) is 6.07 Å². The zero-order valence-electron chi connectivity index (χ0n) is 10.9. The van der Waals surface area contributed by atoms with Gasteiger partial charge < -0.3 is 4.90 Å². The van der Waals surface area contributed by atoms with Gasteiger partial charge in [-0.1, -0.05) is 31.2 Å². The van der Waals surface area contributed by atoms with Crippen LogP contribution in [0.3, 0.4) is 0 Å². The first-order chi connectivity index (χ1) is 8.26. The highest BCUT2D eigenvalue weighted by Gasteiger charge is 1.99. The van der Waals surface area contributed by atoms with Gasteiger partial charge in [0, 0.05) is 13.0 Å². The second-order valence-corrected chi connectivity index (χ2v) is 4.48. The molecule has 0 fully saturated rings. The summed E-state index contributed by atoms with van der Waals surface area (Å²) in [6, 6.07) is 11.1. The minimum Gasteiger partial charge on any atom is -0.306 e. The molecule has 0 spiro atoms. The molecule has 92 valence electrons. The number of hydrogen-bond donors (Lipinski definition) is 0. The number of nitriles is 1. The maximum atomic E-state index is 8.47. The number of hydrogen-bond acceptors (Lipinski definition) is 2. The van der Waals surface area contributed by atoms with E-state index in [9.17, 15) is 0 Å². The van der Waals surface area contributed by atoms with Gasteiger partial charge in [-0.2, -0.15) is 5.26 Å². The summed E-state index contributed by atoms with van der Waals surface area (Å²) in [7, 11) is 2.12. The van der Waals surface area contributed by atoms with Crippen LogP contribution in [0.1, 0.15) is 30.9 Å². The predicted octanol–water partition coefficient (Wildman–Crippen LogP) is 3.03. The molecule has 0 saturated carbocycles. The maximum Gasteiger partial charge on any atom is 0.0622 e. The molecule has 0 saturated heterocycles. The Hall–Kier alpha value is -1.33. The molecule has 0 radical (unpaired) electrons. The van der Waals surface area contributed by atoms with Crippen LogP contribution in [0, 0.1) is 11.3 Å². The van der Waals surface area contributed by atoms with Crippen molar-refractivity contribution in [2.24, 2.45) is 0 Å². The highest BCUT2D eigenvalue weighted by Crippen LogP contribution is 2.06. The summed E-state index contributed by atoms with van der Waals surface area (Å²) < 4.78 is 0. The molecule has 0 amide bonds. The standard InChI is InChI=1S/C15H22N2/c1-3-14-6-8-15(9-7-14)10-13-17(2)12-5-4-11-16/h6-9H,3-5,10,12-13H2,1-2H3. The minimum atomic E-state index is 0.662. The Balaban J connectivity index is 2.27. The fourth-order valence-electron chi connectivity index (χ4n) is 1.80. The summed E-state index contributed by atoms with van der Waals surface area (Å²) >= 11 is 0. The third kappa shape index (κ3) is 5.51. The van der Waals surface area contributed by atoms with Crippen molar-refractivity contribution >= 4 is 0 Å². The summed E-state index contributed by atoms with van der Waals surface area (Å²) in [5.41, 5.74) is 2.80. The Labute approximate surface area is 105 Å². The number of nitrogens with zero attached hydrogens (tertiary/aromatic N) is 2. The highest BCUT2D eigenvalue weighted by molar-refractivity contribution is 5.22. The fraction of sp³-hybridized carbons (Fsp3) is 0.533. The van der Waals surface area contributed by atoms with Crippen LogP contribution in [-0.4, -0.2) is 25.0 Å². The molecule has 0 N–H and O–H groups in total. The first-order valence-corrected chi connectivity index (χ1v) is 6.39. The molecule has 0 unspecified atom stereocenters.